The van der Waals surface area contributed by atoms with Crippen molar-refractivity contribution < 1.29 is 28.7 Å². The van der Waals surface area contributed by atoms with Gasteiger partial charge in [0.15, 0.2) is 0 Å². The van der Waals surface area contributed by atoms with Crippen LogP contribution in [-0.4, -0.2) is 44.0 Å². The topological polar surface area (TPSA) is 111 Å². The third kappa shape index (κ3) is 5.81. The molecule has 2 aromatic carbocycles. The van der Waals surface area contributed by atoms with Crippen molar-refractivity contribution in [1.29, 1.82) is 0 Å². The van der Waals surface area contributed by atoms with Crippen molar-refractivity contribution in [2.75, 3.05) is 19.5 Å². The molecule has 0 aromatic heterocycles. The normalized spacial score (nSPS) is 20.8. The molecule has 3 rings (SSSR count). The molecule has 1 aliphatic rings. The van der Waals surface area contributed by atoms with Crippen molar-refractivity contribution >= 4 is 52.6 Å². The summed E-state index contributed by atoms with van der Waals surface area (Å²) in [6, 6.07) is 10.7. The highest BCUT2D eigenvalue weighted by Crippen LogP contribution is 2.56. The molecule has 1 unspecified atom stereocenters. The first-order valence-corrected chi connectivity index (χ1v) is 12.9. The number of amides is 2. The van der Waals surface area contributed by atoms with Gasteiger partial charge in [-0.1, -0.05) is 62.2 Å². The fourth-order valence-corrected chi connectivity index (χ4v) is 5.55. The van der Waals surface area contributed by atoms with Crippen molar-refractivity contribution in [3.8, 4) is 0 Å². The fourth-order valence-electron chi connectivity index (χ4n) is 4.98. The largest absolute Gasteiger partial charge is 0.469 e. The minimum absolute atomic E-state index is 0.167. The van der Waals surface area contributed by atoms with Crippen molar-refractivity contribution in [2.24, 2.45) is 16.7 Å². The van der Waals surface area contributed by atoms with Crippen molar-refractivity contribution in [3.63, 3.8) is 0 Å². The Hall–Kier alpha value is -3.10. The van der Waals surface area contributed by atoms with Crippen LogP contribution in [0.3, 0.4) is 0 Å². The van der Waals surface area contributed by atoms with E-state index in [0.717, 1.165) is 5.56 Å². The van der Waals surface area contributed by atoms with E-state index < -0.39 is 34.7 Å². The maximum absolute atomic E-state index is 13.5. The number of hydrogen-bond donors (Lipinski definition) is 2. The van der Waals surface area contributed by atoms with Gasteiger partial charge in [-0.05, 0) is 48.1 Å². The summed E-state index contributed by atoms with van der Waals surface area (Å²) in [4.78, 5) is 51.0. The first-order chi connectivity index (χ1) is 17.8. The van der Waals surface area contributed by atoms with Gasteiger partial charge < -0.3 is 20.1 Å². The molecule has 1 saturated carbocycles. The van der Waals surface area contributed by atoms with Crippen LogP contribution in [0.2, 0.25) is 10.0 Å². The number of hydrogen-bond acceptors (Lipinski definition) is 6. The molecular formula is C28H32Cl2N2O6. The van der Waals surface area contributed by atoms with Crippen LogP contribution in [0.5, 0.6) is 0 Å². The van der Waals surface area contributed by atoms with Crippen molar-refractivity contribution in [3.05, 3.63) is 63.6 Å². The third-order valence-corrected chi connectivity index (χ3v) is 8.48. The lowest BCUT2D eigenvalue weighted by Gasteiger charge is -2.40. The van der Waals surface area contributed by atoms with Crippen LogP contribution in [0.4, 0.5) is 5.69 Å². The number of benzene rings is 2. The summed E-state index contributed by atoms with van der Waals surface area (Å²) >= 11 is 12.2. The number of halogens is 2. The fraction of sp³-hybridized carbons (Fsp3) is 0.429. The molecule has 3 atom stereocenters. The van der Waals surface area contributed by atoms with Crippen LogP contribution in [0, 0.1) is 16.7 Å². The zero-order valence-electron chi connectivity index (χ0n) is 22.0. The molecule has 204 valence electrons. The van der Waals surface area contributed by atoms with Gasteiger partial charge in [-0.15, -0.1) is 0 Å². The van der Waals surface area contributed by atoms with Crippen LogP contribution in [0.15, 0.2) is 42.5 Å². The van der Waals surface area contributed by atoms with E-state index in [9.17, 15) is 19.2 Å². The Bertz CT molecular complexity index is 1210. The van der Waals surface area contributed by atoms with Gasteiger partial charge in [-0.3, -0.25) is 14.4 Å². The van der Waals surface area contributed by atoms with E-state index >= 15 is 0 Å². The molecule has 10 heteroatoms. The van der Waals surface area contributed by atoms with Gasteiger partial charge in [0.05, 0.1) is 41.2 Å². The second-order valence-corrected chi connectivity index (χ2v) is 11.0. The molecule has 2 aromatic rings. The highest BCUT2D eigenvalue weighted by molar-refractivity contribution is 6.40. The molecule has 0 spiro atoms. The van der Waals surface area contributed by atoms with E-state index in [2.05, 4.69) is 10.6 Å². The number of carbonyl (C=O) groups is 4. The molecular weight excluding hydrogens is 531 g/mol. The van der Waals surface area contributed by atoms with Gasteiger partial charge in [0.2, 0.25) is 5.91 Å². The summed E-state index contributed by atoms with van der Waals surface area (Å²) in [6.45, 7) is 5.55. The van der Waals surface area contributed by atoms with E-state index in [1.165, 1.54) is 14.2 Å². The summed E-state index contributed by atoms with van der Waals surface area (Å²) in [6.07, 6.45) is 1.16. The Labute approximate surface area is 232 Å². The Balaban J connectivity index is 1.73. The van der Waals surface area contributed by atoms with Crippen molar-refractivity contribution in [1.82, 2.24) is 5.32 Å². The SMILES string of the molecule is COC(=O)C(Cc1ccc(NC(=O)c2c(Cl)cccc2Cl)cc1)NC(=O)[C@@]1(C)CC[C@@H](C(=O)OC)C1(C)C. The lowest BCUT2D eigenvalue weighted by Crippen LogP contribution is -2.53. The average molecular weight is 563 g/mol. The van der Waals surface area contributed by atoms with Gasteiger partial charge in [0, 0.05) is 12.1 Å². The summed E-state index contributed by atoms with van der Waals surface area (Å²) in [5.74, 6) is -2.15. The van der Waals surface area contributed by atoms with Gasteiger partial charge in [0.1, 0.15) is 6.04 Å². The molecule has 0 saturated heterocycles. The lowest BCUT2D eigenvalue weighted by atomic mass is 9.65. The molecule has 1 aliphatic carbocycles. The van der Waals surface area contributed by atoms with E-state index in [1.807, 2.05) is 20.8 Å². The third-order valence-electron chi connectivity index (χ3n) is 7.85. The number of rotatable bonds is 8. The minimum atomic E-state index is -0.945. The standard InChI is InChI=1S/C28H32Cl2N2O6/c1-27(2)18(24(34)37-4)13-14-28(27,3)26(36)32-21(25(35)38-5)15-16-9-11-17(12-10-16)31-23(33)22-19(29)7-6-8-20(22)30/h6-12,18,21H,13-15H2,1-5H3,(H,31,33)(H,32,36)/t18-,21?,28+/m0/s1. The summed E-state index contributed by atoms with van der Waals surface area (Å²) in [7, 11) is 2.60. The van der Waals surface area contributed by atoms with Crippen LogP contribution >= 0.6 is 23.2 Å². The maximum atomic E-state index is 13.5. The van der Waals surface area contributed by atoms with Gasteiger partial charge >= 0.3 is 11.9 Å². The molecule has 0 aliphatic heterocycles. The van der Waals surface area contributed by atoms with E-state index in [4.69, 9.17) is 32.7 Å². The predicted octanol–water partition coefficient (Wildman–Crippen LogP) is 5.06. The second kappa shape index (κ2) is 11.7. The number of anilines is 1. The number of ether oxygens (including phenoxy) is 2. The Morgan fingerprint density at radius 3 is 2.13 bits per heavy atom. The molecule has 1 fully saturated rings. The molecule has 0 heterocycles. The molecule has 2 amide bonds. The summed E-state index contributed by atoms with van der Waals surface area (Å²) < 4.78 is 9.89. The zero-order chi connectivity index (χ0) is 28.3. The zero-order valence-corrected chi connectivity index (χ0v) is 23.5. The Morgan fingerprint density at radius 1 is 0.974 bits per heavy atom. The van der Waals surface area contributed by atoms with Crippen LogP contribution < -0.4 is 10.6 Å². The maximum Gasteiger partial charge on any atom is 0.328 e. The van der Waals surface area contributed by atoms with Gasteiger partial charge in [0.25, 0.3) is 5.91 Å². The van der Waals surface area contributed by atoms with Crippen LogP contribution in [0.1, 0.15) is 49.5 Å². The molecule has 2 N–H and O–H groups in total. The Morgan fingerprint density at radius 2 is 1.58 bits per heavy atom. The average Bonchev–Trinajstić information content (AvgIpc) is 3.12. The van der Waals surface area contributed by atoms with E-state index in [1.54, 1.807) is 42.5 Å². The summed E-state index contributed by atoms with van der Waals surface area (Å²) in [5.41, 5.74) is -0.173. The molecule has 0 bridgehead atoms. The number of esters is 2. The van der Waals surface area contributed by atoms with E-state index in [-0.39, 0.29) is 33.9 Å². The lowest BCUT2D eigenvalue weighted by molar-refractivity contribution is -0.154. The first-order valence-electron chi connectivity index (χ1n) is 12.2. The Kier molecular flexibility index (Phi) is 9.10. The molecule has 8 nitrogen and oxygen atoms in total. The van der Waals surface area contributed by atoms with Crippen molar-refractivity contribution in [2.45, 2.75) is 46.1 Å². The highest BCUT2D eigenvalue weighted by atomic mass is 35.5. The quantitative estimate of drug-likeness (QED) is 0.435. The number of methoxy groups -OCH3 is 2. The highest BCUT2D eigenvalue weighted by Gasteiger charge is 2.58. The minimum Gasteiger partial charge on any atom is -0.469 e. The molecule has 0 radical (unpaired) electrons. The van der Waals surface area contributed by atoms with Crippen LogP contribution in [0.25, 0.3) is 0 Å². The first kappa shape index (κ1) is 29.5. The number of carbonyl (C=O) groups excluding carboxylic acids is 4. The molecule has 38 heavy (non-hydrogen) atoms. The predicted molar refractivity (Wildman–Crippen MR) is 145 cm³/mol. The van der Waals surface area contributed by atoms with Crippen LogP contribution in [-0.2, 0) is 30.3 Å². The smallest absolute Gasteiger partial charge is 0.328 e. The second-order valence-electron chi connectivity index (χ2n) is 10.2. The van der Waals surface area contributed by atoms with Gasteiger partial charge in [-0.2, -0.15) is 0 Å². The van der Waals surface area contributed by atoms with E-state index in [0.29, 0.717) is 18.5 Å². The number of nitrogens with one attached hydrogen (secondary N) is 2. The van der Waals surface area contributed by atoms with Gasteiger partial charge in [-0.25, -0.2) is 4.79 Å². The monoisotopic (exact) mass is 562 g/mol. The summed E-state index contributed by atoms with van der Waals surface area (Å²) in [5, 5.41) is 6.07.